The standard InChI is InChI=1S/C15H15NO4S/c1-10-6-8-12(9-7-10)21(19,20)16-14-11(2)4-3-5-13(14)15(17)18/h3-9,16H,1-2H3,(H,17,18). The van der Waals surface area contributed by atoms with Crippen molar-refractivity contribution in [1.29, 1.82) is 0 Å². The van der Waals surface area contributed by atoms with Gasteiger partial charge >= 0.3 is 5.97 Å². The van der Waals surface area contributed by atoms with E-state index in [-0.39, 0.29) is 16.1 Å². The molecule has 2 aromatic carbocycles. The van der Waals surface area contributed by atoms with Gasteiger partial charge in [0.15, 0.2) is 0 Å². The summed E-state index contributed by atoms with van der Waals surface area (Å²) in [7, 11) is -3.82. The Bertz CT molecular complexity index is 780. The average molecular weight is 305 g/mol. The Hall–Kier alpha value is -2.34. The van der Waals surface area contributed by atoms with E-state index in [1.807, 2.05) is 6.92 Å². The molecule has 0 saturated heterocycles. The zero-order valence-corrected chi connectivity index (χ0v) is 12.4. The molecule has 0 radical (unpaired) electrons. The fraction of sp³-hybridized carbons (Fsp3) is 0.133. The molecule has 5 nitrogen and oxygen atoms in total. The normalized spacial score (nSPS) is 11.1. The minimum absolute atomic E-state index is 0.0781. The number of hydrogen-bond donors (Lipinski definition) is 2. The fourth-order valence-corrected chi connectivity index (χ4v) is 3.04. The third-order valence-electron chi connectivity index (χ3n) is 3.07. The van der Waals surface area contributed by atoms with E-state index in [4.69, 9.17) is 5.11 Å². The van der Waals surface area contributed by atoms with E-state index in [2.05, 4.69) is 4.72 Å². The van der Waals surface area contributed by atoms with Gasteiger partial charge in [0.2, 0.25) is 0 Å². The highest BCUT2D eigenvalue weighted by molar-refractivity contribution is 7.92. The van der Waals surface area contributed by atoms with Crippen molar-refractivity contribution in [2.75, 3.05) is 4.72 Å². The van der Waals surface area contributed by atoms with Gasteiger partial charge in [0, 0.05) is 0 Å². The molecule has 0 aromatic heterocycles. The summed E-state index contributed by atoms with van der Waals surface area (Å²) < 4.78 is 27.0. The summed E-state index contributed by atoms with van der Waals surface area (Å²) in [6.07, 6.45) is 0. The second-order valence-corrected chi connectivity index (χ2v) is 6.40. The Morgan fingerprint density at radius 2 is 1.67 bits per heavy atom. The van der Waals surface area contributed by atoms with Gasteiger partial charge in [-0.05, 0) is 37.6 Å². The summed E-state index contributed by atoms with van der Waals surface area (Å²) >= 11 is 0. The van der Waals surface area contributed by atoms with E-state index in [0.717, 1.165) is 5.56 Å². The lowest BCUT2D eigenvalue weighted by Gasteiger charge is -2.13. The van der Waals surface area contributed by atoms with Crippen LogP contribution in [0.4, 0.5) is 5.69 Å². The highest BCUT2D eigenvalue weighted by Crippen LogP contribution is 2.24. The van der Waals surface area contributed by atoms with Crippen LogP contribution in [0.3, 0.4) is 0 Å². The van der Waals surface area contributed by atoms with Crippen molar-refractivity contribution in [3.05, 3.63) is 59.2 Å². The van der Waals surface area contributed by atoms with Crippen LogP contribution in [0.15, 0.2) is 47.4 Å². The smallest absolute Gasteiger partial charge is 0.337 e. The molecule has 21 heavy (non-hydrogen) atoms. The summed E-state index contributed by atoms with van der Waals surface area (Å²) in [6, 6.07) is 10.9. The monoisotopic (exact) mass is 305 g/mol. The SMILES string of the molecule is Cc1ccc(S(=O)(=O)Nc2c(C)cccc2C(=O)O)cc1. The van der Waals surface area contributed by atoms with Crippen LogP contribution in [0.2, 0.25) is 0 Å². The van der Waals surface area contributed by atoms with Gasteiger partial charge in [-0.2, -0.15) is 0 Å². The van der Waals surface area contributed by atoms with E-state index in [0.29, 0.717) is 5.56 Å². The van der Waals surface area contributed by atoms with Crippen LogP contribution >= 0.6 is 0 Å². The highest BCUT2D eigenvalue weighted by Gasteiger charge is 2.19. The molecule has 2 N–H and O–H groups in total. The molecule has 6 heteroatoms. The molecule has 0 aliphatic carbocycles. The van der Waals surface area contributed by atoms with E-state index in [1.54, 1.807) is 31.2 Å². The lowest BCUT2D eigenvalue weighted by molar-refractivity contribution is 0.0698. The number of rotatable bonds is 4. The van der Waals surface area contributed by atoms with Gasteiger partial charge in [-0.1, -0.05) is 29.8 Å². The molecule has 0 unspecified atom stereocenters. The predicted molar refractivity (Wildman–Crippen MR) is 80.1 cm³/mol. The maximum absolute atomic E-state index is 12.3. The lowest BCUT2D eigenvalue weighted by Crippen LogP contribution is -2.16. The van der Waals surface area contributed by atoms with Crippen molar-refractivity contribution in [3.63, 3.8) is 0 Å². The first kappa shape index (κ1) is 15.1. The predicted octanol–water partition coefficient (Wildman–Crippen LogP) is 2.80. The number of nitrogens with one attached hydrogen (secondary N) is 1. The summed E-state index contributed by atoms with van der Waals surface area (Å²) in [6.45, 7) is 3.51. The third-order valence-corrected chi connectivity index (χ3v) is 4.44. The van der Waals surface area contributed by atoms with E-state index in [9.17, 15) is 13.2 Å². The Labute approximate surface area is 123 Å². The molecule has 0 bridgehead atoms. The molecule has 110 valence electrons. The van der Waals surface area contributed by atoms with Crippen molar-refractivity contribution in [1.82, 2.24) is 0 Å². The minimum Gasteiger partial charge on any atom is -0.478 e. The number of anilines is 1. The Morgan fingerprint density at radius 1 is 1.05 bits per heavy atom. The van der Waals surface area contributed by atoms with Crippen LogP contribution in [0, 0.1) is 13.8 Å². The highest BCUT2D eigenvalue weighted by atomic mass is 32.2. The molecule has 0 fully saturated rings. The topological polar surface area (TPSA) is 83.5 Å². The number of carboxylic acid groups (broad SMARTS) is 1. The van der Waals surface area contributed by atoms with Gasteiger partial charge in [-0.3, -0.25) is 4.72 Å². The fourth-order valence-electron chi connectivity index (χ4n) is 1.89. The molecule has 2 aromatic rings. The van der Waals surface area contributed by atoms with Crippen molar-refractivity contribution in [3.8, 4) is 0 Å². The van der Waals surface area contributed by atoms with Crippen LogP contribution in [0.1, 0.15) is 21.5 Å². The van der Waals surface area contributed by atoms with Crippen molar-refractivity contribution in [2.45, 2.75) is 18.7 Å². The van der Waals surface area contributed by atoms with Crippen molar-refractivity contribution >= 4 is 21.7 Å². The number of para-hydroxylation sites is 1. The largest absolute Gasteiger partial charge is 0.478 e. The first-order chi connectivity index (χ1) is 9.81. The molecular weight excluding hydrogens is 290 g/mol. The lowest BCUT2D eigenvalue weighted by atomic mass is 10.1. The quantitative estimate of drug-likeness (QED) is 0.909. The van der Waals surface area contributed by atoms with E-state index >= 15 is 0 Å². The number of aromatic carboxylic acids is 1. The maximum atomic E-state index is 12.3. The molecule has 0 aliphatic rings. The number of hydrogen-bond acceptors (Lipinski definition) is 3. The molecule has 0 saturated carbocycles. The van der Waals surface area contributed by atoms with Gasteiger partial charge in [0.1, 0.15) is 0 Å². The molecule has 0 atom stereocenters. The zero-order valence-electron chi connectivity index (χ0n) is 11.6. The molecule has 2 rings (SSSR count). The summed E-state index contributed by atoms with van der Waals surface area (Å²) in [5, 5.41) is 9.16. The van der Waals surface area contributed by atoms with Crippen LogP contribution < -0.4 is 4.72 Å². The van der Waals surface area contributed by atoms with Crippen LogP contribution in [0.5, 0.6) is 0 Å². The van der Waals surface area contributed by atoms with Crippen molar-refractivity contribution < 1.29 is 18.3 Å². The van der Waals surface area contributed by atoms with E-state index < -0.39 is 16.0 Å². The summed E-state index contributed by atoms with van der Waals surface area (Å²) in [5.74, 6) is -1.18. The zero-order chi connectivity index (χ0) is 15.6. The number of benzene rings is 2. The van der Waals surface area contributed by atoms with E-state index in [1.165, 1.54) is 18.2 Å². The first-order valence-electron chi connectivity index (χ1n) is 6.23. The molecular formula is C15H15NO4S. The Kier molecular flexibility index (Phi) is 3.99. The number of aryl methyl sites for hydroxylation is 2. The number of carboxylic acids is 1. The van der Waals surface area contributed by atoms with Gasteiger partial charge in [0.25, 0.3) is 10.0 Å². The van der Waals surface area contributed by atoms with Crippen molar-refractivity contribution in [2.24, 2.45) is 0 Å². The van der Waals surface area contributed by atoms with Gasteiger partial charge in [-0.25, -0.2) is 13.2 Å². The third kappa shape index (κ3) is 3.22. The number of sulfonamides is 1. The van der Waals surface area contributed by atoms with Gasteiger partial charge in [-0.15, -0.1) is 0 Å². The average Bonchev–Trinajstić information content (AvgIpc) is 2.41. The maximum Gasteiger partial charge on any atom is 0.337 e. The van der Waals surface area contributed by atoms with Gasteiger partial charge in [0.05, 0.1) is 16.1 Å². The Balaban J connectivity index is 2.46. The van der Waals surface area contributed by atoms with Crippen LogP contribution in [0.25, 0.3) is 0 Å². The second kappa shape index (κ2) is 5.57. The summed E-state index contributed by atoms with van der Waals surface area (Å²) in [4.78, 5) is 11.3. The van der Waals surface area contributed by atoms with Gasteiger partial charge < -0.3 is 5.11 Å². The molecule has 0 heterocycles. The number of carbonyl (C=O) groups is 1. The van der Waals surface area contributed by atoms with Crippen LogP contribution in [-0.4, -0.2) is 19.5 Å². The Morgan fingerprint density at radius 3 is 2.24 bits per heavy atom. The van der Waals surface area contributed by atoms with Crippen LogP contribution in [-0.2, 0) is 10.0 Å². The summed E-state index contributed by atoms with van der Waals surface area (Å²) in [5.41, 5.74) is 1.50. The second-order valence-electron chi connectivity index (χ2n) is 4.72. The first-order valence-corrected chi connectivity index (χ1v) is 7.72. The molecule has 0 aliphatic heterocycles. The molecule has 0 spiro atoms. The minimum atomic E-state index is -3.82. The molecule has 0 amide bonds.